The molecule has 0 spiro atoms. The molecule has 224 valence electrons. The van der Waals surface area contributed by atoms with Gasteiger partial charge in [0.1, 0.15) is 10.0 Å². The van der Waals surface area contributed by atoms with Crippen LogP contribution in [0.2, 0.25) is 0 Å². The van der Waals surface area contributed by atoms with Crippen molar-refractivity contribution in [1.29, 1.82) is 0 Å². The molecule has 1 aliphatic heterocycles. The van der Waals surface area contributed by atoms with Crippen LogP contribution in [0.15, 0.2) is 33.9 Å². The van der Waals surface area contributed by atoms with Crippen LogP contribution in [-0.2, 0) is 19.6 Å². The number of nitrogens with two attached hydrogens (primary N) is 1. The second-order valence-electron chi connectivity index (χ2n) is 10.1. The van der Waals surface area contributed by atoms with E-state index >= 15 is 0 Å². The fourth-order valence-electron chi connectivity index (χ4n) is 4.72. The normalized spacial score (nSPS) is 14.8. The molecule has 0 saturated carbocycles. The van der Waals surface area contributed by atoms with Crippen molar-refractivity contribution in [3.05, 3.63) is 35.5 Å². The number of hydrogen-bond acceptors (Lipinski definition) is 9. The van der Waals surface area contributed by atoms with Gasteiger partial charge >= 0.3 is 0 Å². The predicted octanol–water partition coefficient (Wildman–Crippen LogP) is 4.36. The van der Waals surface area contributed by atoms with Gasteiger partial charge in [-0.2, -0.15) is 0 Å². The molecule has 0 aliphatic carbocycles. The summed E-state index contributed by atoms with van der Waals surface area (Å²) in [7, 11) is -3.90. The minimum absolute atomic E-state index is 0.0841. The number of amides is 2. The molecule has 0 radical (unpaired) electrons. The monoisotopic (exact) mass is 624 g/mol. The number of piperidine rings is 1. The van der Waals surface area contributed by atoms with Crippen LogP contribution < -0.4 is 21.1 Å². The Bertz CT molecular complexity index is 1410. The van der Waals surface area contributed by atoms with Crippen LogP contribution in [0, 0.1) is 11.7 Å². The van der Waals surface area contributed by atoms with Crippen molar-refractivity contribution < 1.29 is 22.4 Å². The Morgan fingerprint density at radius 1 is 1.12 bits per heavy atom. The van der Waals surface area contributed by atoms with E-state index in [0.717, 1.165) is 87.0 Å². The van der Waals surface area contributed by atoms with Crippen molar-refractivity contribution in [1.82, 2.24) is 15.2 Å². The summed E-state index contributed by atoms with van der Waals surface area (Å²) in [6, 6.07) is 5.61. The molecular weight excluding hydrogens is 588 g/mol. The van der Waals surface area contributed by atoms with Crippen molar-refractivity contribution in [2.45, 2.75) is 55.6 Å². The van der Waals surface area contributed by atoms with Gasteiger partial charge in [-0.1, -0.05) is 36.7 Å². The highest BCUT2D eigenvalue weighted by Gasteiger charge is 2.26. The van der Waals surface area contributed by atoms with Gasteiger partial charge in [0.25, 0.3) is 10.0 Å². The first-order valence-corrected chi connectivity index (χ1v) is 17.1. The largest absolute Gasteiger partial charge is 0.355 e. The van der Waals surface area contributed by atoms with Crippen LogP contribution in [0.25, 0.3) is 10.2 Å². The Morgan fingerprint density at radius 3 is 2.61 bits per heavy atom. The number of aromatic nitrogens is 1. The number of fused-ring (bicyclic) bond motifs is 1. The van der Waals surface area contributed by atoms with Gasteiger partial charge in [-0.15, -0.1) is 11.3 Å². The molecule has 1 saturated heterocycles. The van der Waals surface area contributed by atoms with E-state index in [0.29, 0.717) is 41.2 Å². The molecule has 3 aromatic rings. The number of benzene rings is 1. The van der Waals surface area contributed by atoms with Gasteiger partial charge in [0.15, 0.2) is 5.13 Å². The molecule has 0 bridgehead atoms. The second kappa shape index (κ2) is 15.0. The van der Waals surface area contributed by atoms with Gasteiger partial charge in [-0.05, 0) is 62.8 Å². The molecule has 0 atom stereocenters. The molecule has 41 heavy (non-hydrogen) atoms. The third kappa shape index (κ3) is 9.17. The maximum atomic E-state index is 14.7. The fourth-order valence-corrected chi connectivity index (χ4v) is 7.66. The van der Waals surface area contributed by atoms with Crippen LogP contribution in [0.4, 0.5) is 15.2 Å². The van der Waals surface area contributed by atoms with E-state index in [4.69, 9.17) is 5.73 Å². The molecule has 1 aliphatic rings. The van der Waals surface area contributed by atoms with Crippen LogP contribution in [0.5, 0.6) is 0 Å². The average Bonchev–Trinajstić information content (AvgIpc) is 3.62. The molecule has 2 aromatic heterocycles. The number of hydrogen-bond donors (Lipinski definition) is 4. The molecule has 10 nitrogen and oxygen atoms in total. The van der Waals surface area contributed by atoms with Gasteiger partial charge in [-0.3, -0.25) is 14.3 Å². The SMILES string of the molecule is NCCCCCCCC(=O)NCCN1CCC(C(=O)Nc2nc3cc(F)c(NS(=O)(=O)c4cccs4)cc3s2)CC1. The average molecular weight is 625 g/mol. The number of carbonyl (C=O) groups excluding carboxylic acids is 2. The Balaban J connectivity index is 1.20. The Morgan fingerprint density at radius 2 is 1.88 bits per heavy atom. The number of anilines is 2. The molecular formula is C27H37FN6O4S3. The van der Waals surface area contributed by atoms with Gasteiger partial charge in [0.2, 0.25) is 11.8 Å². The Kier molecular flexibility index (Phi) is 11.5. The van der Waals surface area contributed by atoms with E-state index in [1.54, 1.807) is 11.4 Å². The first kappa shape index (κ1) is 31.3. The zero-order chi connectivity index (χ0) is 29.2. The lowest BCUT2D eigenvalue weighted by molar-refractivity contribution is -0.121. The summed E-state index contributed by atoms with van der Waals surface area (Å²) in [4.78, 5) is 31.5. The Hall–Kier alpha value is -2.65. The smallest absolute Gasteiger partial charge is 0.271 e. The molecule has 0 unspecified atom stereocenters. The standard InChI is InChI=1S/C27H37FN6O4S3/c28-20-17-22-23(18-21(20)33-41(37,38)25-8-6-16-39-25)40-27(31-22)32-26(36)19-9-13-34(14-10-19)15-12-30-24(35)7-4-2-1-3-5-11-29/h6,8,16-19,33H,1-5,7,9-15,29H2,(H,30,35)(H,31,32,36). The van der Waals surface area contributed by atoms with Crippen molar-refractivity contribution in [2.24, 2.45) is 11.7 Å². The van der Waals surface area contributed by atoms with Crippen molar-refractivity contribution in [2.75, 3.05) is 42.8 Å². The van der Waals surface area contributed by atoms with Crippen LogP contribution >= 0.6 is 22.7 Å². The zero-order valence-corrected chi connectivity index (χ0v) is 25.3. The lowest BCUT2D eigenvalue weighted by Gasteiger charge is -2.31. The van der Waals surface area contributed by atoms with Gasteiger partial charge in [0.05, 0.1) is 15.9 Å². The number of rotatable bonds is 15. The van der Waals surface area contributed by atoms with Gasteiger partial charge in [0, 0.05) is 31.5 Å². The molecule has 1 aromatic carbocycles. The minimum Gasteiger partial charge on any atom is -0.355 e. The molecule has 5 N–H and O–H groups in total. The van der Waals surface area contributed by atoms with Crippen molar-refractivity contribution in [3.8, 4) is 0 Å². The number of likely N-dealkylation sites (tertiary alicyclic amines) is 1. The van der Waals surface area contributed by atoms with Crippen molar-refractivity contribution >= 4 is 65.5 Å². The third-order valence-electron chi connectivity index (χ3n) is 7.03. The number of nitrogens with zero attached hydrogens (tertiary/aromatic N) is 2. The fraction of sp³-hybridized carbons (Fsp3) is 0.519. The van der Waals surface area contributed by atoms with Crippen LogP contribution in [-0.4, -0.2) is 62.8 Å². The predicted molar refractivity (Wildman–Crippen MR) is 162 cm³/mol. The summed E-state index contributed by atoms with van der Waals surface area (Å²) >= 11 is 2.20. The third-order valence-corrected chi connectivity index (χ3v) is 10.7. The van der Waals surface area contributed by atoms with E-state index in [1.807, 2.05) is 0 Å². The summed E-state index contributed by atoms with van der Waals surface area (Å²) in [5, 5.41) is 7.80. The lowest BCUT2D eigenvalue weighted by Crippen LogP contribution is -2.41. The summed E-state index contributed by atoms with van der Waals surface area (Å²) in [6.45, 7) is 3.58. The number of carbonyl (C=O) groups is 2. The van der Waals surface area contributed by atoms with E-state index in [9.17, 15) is 22.4 Å². The summed E-state index contributed by atoms with van der Waals surface area (Å²) < 4.78 is 42.6. The highest BCUT2D eigenvalue weighted by atomic mass is 32.2. The van der Waals surface area contributed by atoms with Gasteiger partial charge in [-0.25, -0.2) is 17.8 Å². The Labute approximate surface area is 248 Å². The second-order valence-corrected chi connectivity index (χ2v) is 14.0. The number of nitrogens with one attached hydrogen (secondary N) is 3. The van der Waals surface area contributed by atoms with Crippen LogP contribution in [0.3, 0.4) is 0 Å². The molecule has 14 heteroatoms. The minimum atomic E-state index is -3.90. The van der Waals surface area contributed by atoms with E-state index in [2.05, 4.69) is 25.2 Å². The molecule has 1 fully saturated rings. The maximum Gasteiger partial charge on any atom is 0.271 e. The van der Waals surface area contributed by atoms with E-state index in [-0.39, 0.29) is 27.6 Å². The summed E-state index contributed by atoms with van der Waals surface area (Å²) in [6.07, 6.45) is 7.16. The first-order valence-electron chi connectivity index (χ1n) is 13.9. The zero-order valence-electron chi connectivity index (χ0n) is 22.9. The number of halogens is 1. The highest BCUT2D eigenvalue weighted by Crippen LogP contribution is 2.32. The number of thiophene rings is 1. The van der Waals surface area contributed by atoms with E-state index < -0.39 is 15.8 Å². The van der Waals surface area contributed by atoms with Gasteiger partial charge < -0.3 is 21.3 Å². The summed E-state index contributed by atoms with van der Waals surface area (Å²) in [5.74, 6) is -0.969. The quantitative estimate of drug-likeness (QED) is 0.184. The van der Waals surface area contributed by atoms with Crippen molar-refractivity contribution in [3.63, 3.8) is 0 Å². The first-order chi connectivity index (χ1) is 19.7. The summed E-state index contributed by atoms with van der Waals surface area (Å²) in [5.41, 5.74) is 5.66. The topological polar surface area (TPSA) is 147 Å². The molecule has 4 rings (SSSR count). The number of thiazole rings is 1. The molecule has 2 amide bonds. The highest BCUT2D eigenvalue weighted by molar-refractivity contribution is 7.94. The lowest BCUT2D eigenvalue weighted by atomic mass is 9.96. The van der Waals surface area contributed by atoms with Crippen LogP contribution in [0.1, 0.15) is 51.4 Å². The molecule has 3 heterocycles. The number of unbranched alkanes of at least 4 members (excludes halogenated alkanes) is 4. The number of sulfonamides is 1. The van der Waals surface area contributed by atoms with E-state index in [1.165, 1.54) is 12.1 Å². The maximum absolute atomic E-state index is 14.7.